The number of hydrogen-bond donors (Lipinski definition) is 0. The van der Waals surface area contributed by atoms with Gasteiger partial charge in [-0.3, -0.25) is 0 Å². The van der Waals surface area contributed by atoms with Crippen molar-refractivity contribution >= 4 is 37.2 Å². The number of rotatable bonds is 5. The summed E-state index contributed by atoms with van der Waals surface area (Å²) in [7, 11) is -1.32. The Kier molecular flexibility index (Phi) is 5.41. The van der Waals surface area contributed by atoms with Crippen LogP contribution >= 0.6 is 22.2 Å². The third kappa shape index (κ3) is 11.0. The molecule has 0 heterocycles. The summed E-state index contributed by atoms with van der Waals surface area (Å²) >= 11 is 11.9. The largest absolute Gasteiger partial charge is 0.418 e. The van der Waals surface area contributed by atoms with Crippen LogP contribution in [0.3, 0.4) is 0 Å². The Morgan fingerprint density at radius 2 is 1.58 bits per heavy atom. The third-order valence-electron chi connectivity index (χ3n) is 1.30. The molecule has 0 unspecified atom stereocenters. The minimum absolute atomic E-state index is 0.817. The molecule has 0 amide bonds. The summed E-state index contributed by atoms with van der Waals surface area (Å²) in [6.07, 6.45) is 1.000. The lowest BCUT2D eigenvalue weighted by atomic mass is 10.5. The second kappa shape index (κ2) is 5.00. The van der Waals surface area contributed by atoms with Crippen LogP contribution < -0.4 is 0 Å². The fourth-order valence-corrected chi connectivity index (χ4v) is 3.08. The molecule has 0 rings (SSSR count). The average Bonchev–Trinajstić information content (AvgIpc) is 1.76. The normalized spacial score (nSPS) is 13.5. The molecule has 12 heavy (non-hydrogen) atoms. The fraction of sp³-hybridized carbons (Fsp3) is 1.00. The smallest absolute Gasteiger partial charge is 0.248 e. The van der Waals surface area contributed by atoms with Crippen molar-refractivity contribution in [1.82, 2.24) is 0 Å². The Morgan fingerprint density at radius 1 is 1.08 bits per heavy atom. The van der Waals surface area contributed by atoms with Gasteiger partial charge in [0.1, 0.15) is 0 Å². The van der Waals surface area contributed by atoms with E-state index in [1.807, 2.05) is 6.55 Å². The topological polar surface area (TPSA) is 9.23 Å². The van der Waals surface area contributed by atoms with Gasteiger partial charge in [0.25, 0.3) is 0 Å². The maximum atomic E-state index is 5.94. The first-order valence-corrected chi connectivity index (χ1v) is 12.4. The molecule has 0 saturated carbocycles. The summed E-state index contributed by atoms with van der Waals surface area (Å²) in [5.74, 6) is 0. The number of halogens is 2. The highest BCUT2D eigenvalue weighted by molar-refractivity contribution is 7.44. The third-order valence-corrected chi connectivity index (χ3v) is 4.73. The molecule has 74 valence electrons. The van der Waals surface area contributed by atoms with Gasteiger partial charge in [-0.25, -0.2) is 0 Å². The van der Waals surface area contributed by atoms with Crippen molar-refractivity contribution in [2.45, 2.75) is 38.7 Å². The lowest BCUT2D eigenvalue weighted by Gasteiger charge is -2.18. The van der Waals surface area contributed by atoms with Crippen LogP contribution in [0.1, 0.15) is 6.42 Å². The average molecular weight is 245 g/mol. The van der Waals surface area contributed by atoms with Gasteiger partial charge in [0.2, 0.25) is 6.69 Å². The van der Waals surface area contributed by atoms with Crippen LogP contribution in [0, 0.1) is 0 Å². The molecule has 1 nitrogen and oxygen atoms in total. The lowest BCUT2D eigenvalue weighted by Crippen LogP contribution is -2.26. The Hall–Kier alpha value is 0.974. The van der Waals surface area contributed by atoms with E-state index in [1.54, 1.807) is 0 Å². The maximum Gasteiger partial charge on any atom is 0.248 e. The zero-order chi connectivity index (χ0) is 9.83. The fourth-order valence-electron chi connectivity index (χ4n) is 0.761. The molecule has 0 N–H and O–H groups in total. The van der Waals surface area contributed by atoms with Crippen LogP contribution in [0.4, 0.5) is 0 Å². The highest BCUT2D eigenvalue weighted by Gasteiger charge is 2.20. The minimum atomic E-state index is -1.87. The SMILES string of the molecule is C[Si](Cl)(Cl)CCCO[Si](C)(C)C. The summed E-state index contributed by atoms with van der Waals surface area (Å²) < 4.78 is 5.67. The van der Waals surface area contributed by atoms with E-state index in [4.69, 9.17) is 26.6 Å². The highest BCUT2D eigenvalue weighted by Crippen LogP contribution is 2.21. The molecular formula is C7H18Cl2OSi2. The van der Waals surface area contributed by atoms with Crippen LogP contribution in [-0.2, 0) is 4.43 Å². The van der Waals surface area contributed by atoms with Gasteiger partial charge in [0.15, 0.2) is 8.32 Å². The van der Waals surface area contributed by atoms with Crippen molar-refractivity contribution in [3.63, 3.8) is 0 Å². The molecule has 0 saturated heterocycles. The summed E-state index contributed by atoms with van der Waals surface area (Å²) in [6.45, 7) is 7.45. The van der Waals surface area contributed by atoms with Gasteiger partial charge in [-0.2, -0.15) is 0 Å². The van der Waals surface area contributed by atoms with Gasteiger partial charge in [-0.15, -0.1) is 22.2 Å². The first-order valence-electron chi connectivity index (χ1n) is 4.22. The van der Waals surface area contributed by atoms with Crippen LogP contribution in [-0.4, -0.2) is 21.6 Å². The quantitative estimate of drug-likeness (QED) is 0.407. The van der Waals surface area contributed by atoms with E-state index in [0.29, 0.717) is 0 Å². The Morgan fingerprint density at radius 3 is 1.92 bits per heavy atom. The highest BCUT2D eigenvalue weighted by atomic mass is 35.7. The van der Waals surface area contributed by atoms with Gasteiger partial charge in [-0.1, -0.05) is 0 Å². The van der Waals surface area contributed by atoms with E-state index in [2.05, 4.69) is 19.6 Å². The van der Waals surface area contributed by atoms with Crippen LogP contribution in [0.5, 0.6) is 0 Å². The zero-order valence-electron chi connectivity index (χ0n) is 8.29. The first kappa shape index (κ1) is 13.0. The molecule has 0 aliphatic heterocycles. The molecule has 0 aromatic carbocycles. The van der Waals surface area contributed by atoms with Gasteiger partial charge >= 0.3 is 0 Å². The van der Waals surface area contributed by atoms with E-state index in [-0.39, 0.29) is 0 Å². The van der Waals surface area contributed by atoms with Crippen LogP contribution in [0.2, 0.25) is 32.2 Å². The van der Waals surface area contributed by atoms with E-state index < -0.39 is 15.0 Å². The summed E-state index contributed by atoms with van der Waals surface area (Å²) in [6, 6.07) is 0.931. The van der Waals surface area contributed by atoms with E-state index in [1.165, 1.54) is 0 Å². The molecule has 0 aromatic rings. The summed E-state index contributed by atoms with van der Waals surface area (Å²) in [5.41, 5.74) is 0. The van der Waals surface area contributed by atoms with E-state index in [9.17, 15) is 0 Å². The van der Waals surface area contributed by atoms with Gasteiger partial charge < -0.3 is 4.43 Å². The van der Waals surface area contributed by atoms with Crippen molar-refractivity contribution in [3.05, 3.63) is 0 Å². The zero-order valence-corrected chi connectivity index (χ0v) is 11.8. The van der Waals surface area contributed by atoms with Gasteiger partial charge in [0.05, 0.1) is 0 Å². The van der Waals surface area contributed by atoms with Crippen molar-refractivity contribution < 1.29 is 4.43 Å². The van der Waals surface area contributed by atoms with Crippen LogP contribution in [0.15, 0.2) is 0 Å². The standard InChI is InChI=1S/C7H18Cl2OSi2/c1-11(2,3)10-6-5-7-12(4,8)9/h5-7H2,1-4H3. The van der Waals surface area contributed by atoms with E-state index in [0.717, 1.165) is 19.1 Å². The lowest BCUT2D eigenvalue weighted by molar-refractivity contribution is 0.311. The molecule has 0 aliphatic carbocycles. The van der Waals surface area contributed by atoms with Crippen molar-refractivity contribution in [3.8, 4) is 0 Å². The summed E-state index contributed by atoms with van der Waals surface area (Å²) in [5, 5.41) is 0. The molecule has 0 aliphatic rings. The van der Waals surface area contributed by atoms with Gasteiger partial charge in [-0.05, 0) is 38.7 Å². The van der Waals surface area contributed by atoms with Crippen molar-refractivity contribution in [2.24, 2.45) is 0 Å². The Balaban J connectivity index is 3.35. The summed E-state index contributed by atoms with van der Waals surface area (Å²) in [4.78, 5) is 0. The minimum Gasteiger partial charge on any atom is -0.418 e. The predicted molar refractivity (Wildman–Crippen MR) is 62.0 cm³/mol. The Bertz CT molecular complexity index is 112. The second-order valence-corrected chi connectivity index (χ2v) is 16.9. The number of hydrogen-bond acceptors (Lipinski definition) is 1. The molecule has 0 fully saturated rings. The maximum absolute atomic E-state index is 5.94. The molecule has 5 heteroatoms. The van der Waals surface area contributed by atoms with Crippen molar-refractivity contribution in [2.75, 3.05) is 6.61 Å². The molecule has 0 bridgehead atoms. The van der Waals surface area contributed by atoms with Gasteiger partial charge in [0, 0.05) is 6.61 Å². The monoisotopic (exact) mass is 244 g/mol. The Labute approximate surface area is 86.9 Å². The van der Waals surface area contributed by atoms with E-state index >= 15 is 0 Å². The molecular weight excluding hydrogens is 227 g/mol. The predicted octanol–water partition coefficient (Wildman–Crippen LogP) is 3.78. The molecule has 0 aromatic heterocycles. The first-order chi connectivity index (χ1) is 5.21. The van der Waals surface area contributed by atoms with Crippen molar-refractivity contribution in [1.29, 1.82) is 0 Å². The second-order valence-electron chi connectivity index (χ2n) is 4.13. The molecule has 0 spiro atoms. The molecule has 0 atom stereocenters. The molecule has 0 radical (unpaired) electrons. The van der Waals surface area contributed by atoms with Crippen LogP contribution in [0.25, 0.3) is 0 Å².